The first-order valence-electron chi connectivity index (χ1n) is 10.0. The molecule has 0 radical (unpaired) electrons. The molecular weight excluding hydrogens is 340 g/mol. The van der Waals surface area contributed by atoms with E-state index in [9.17, 15) is 0 Å². The molecule has 1 fully saturated rings. The first-order chi connectivity index (χ1) is 13.1. The standard InChI is InChI=1S/C21H36N4O2/c1-6-25-13-10-17(11-14-25)9-12-23-21(22-3)24-16(2)19-15-18(26-4)7-8-20(19)27-5/h7-8,15-17H,6,9-14H2,1-5H3,(H2,22,23,24). The van der Waals surface area contributed by atoms with E-state index in [0.29, 0.717) is 0 Å². The van der Waals surface area contributed by atoms with Crippen LogP contribution in [0.15, 0.2) is 23.2 Å². The Hall–Kier alpha value is -1.95. The number of benzene rings is 1. The fraction of sp³-hybridized carbons (Fsp3) is 0.667. The summed E-state index contributed by atoms with van der Waals surface area (Å²) in [5.41, 5.74) is 1.05. The summed E-state index contributed by atoms with van der Waals surface area (Å²) < 4.78 is 10.9. The monoisotopic (exact) mass is 376 g/mol. The van der Waals surface area contributed by atoms with E-state index in [0.717, 1.165) is 35.5 Å². The third-order valence-corrected chi connectivity index (χ3v) is 5.48. The topological polar surface area (TPSA) is 58.1 Å². The quantitative estimate of drug-likeness (QED) is 0.539. The second kappa shape index (κ2) is 11.0. The molecule has 1 atom stereocenters. The maximum Gasteiger partial charge on any atom is 0.191 e. The number of hydrogen-bond acceptors (Lipinski definition) is 4. The number of nitrogens with one attached hydrogen (secondary N) is 2. The first-order valence-corrected chi connectivity index (χ1v) is 10.0. The SMILES string of the molecule is CCN1CCC(CCNC(=NC)NC(C)c2cc(OC)ccc2OC)CC1. The van der Waals surface area contributed by atoms with Gasteiger partial charge in [0.05, 0.1) is 20.3 Å². The molecule has 0 aliphatic carbocycles. The van der Waals surface area contributed by atoms with Gasteiger partial charge in [0.15, 0.2) is 5.96 Å². The molecule has 1 aliphatic heterocycles. The zero-order valence-corrected chi connectivity index (χ0v) is 17.5. The lowest BCUT2D eigenvalue weighted by Gasteiger charge is -2.31. The molecule has 1 saturated heterocycles. The Kier molecular flexibility index (Phi) is 8.72. The van der Waals surface area contributed by atoms with Gasteiger partial charge in [-0.15, -0.1) is 0 Å². The summed E-state index contributed by atoms with van der Waals surface area (Å²) >= 11 is 0. The fourth-order valence-electron chi connectivity index (χ4n) is 3.64. The van der Waals surface area contributed by atoms with E-state index in [1.54, 1.807) is 14.2 Å². The van der Waals surface area contributed by atoms with E-state index >= 15 is 0 Å². The van der Waals surface area contributed by atoms with Crippen LogP contribution in [0.3, 0.4) is 0 Å². The molecule has 6 heteroatoms. The van der Waals surface area contributed by atoms with Gasteiger partial charge in [0.1, 0.15) is 11.5 Å². The number of rotatable bonds is 8. The van der Waals surface area contributed by atoms with Crippen molar-refractivity contribution in [2.24, 2.45) is 10.9 Å². The van der Waals surface area contributed by atoms with Crippen molar-refractivity contribution in [3.63, 3.8) is 0 Å². The Balaban J connectivity index is 1.84. The normalized spacial score (nSPS) is 17.4. The second-order valence-corrected chi connectivity index (χ2v) is 7.14. The molecule has 1 aliphatic rings. The van der Waals surface area contributed by atoms with Crippen LogP contribution in [0.1, 0.15) is 44.7 Å². The van der Waals surface area contributed by atoms with Crippen LogP contribution >= 0.6 is 0 Å². The molecule has 0 spiro atoms. The van der Waals surface area contributed by atoms with Gasteiger partial charge in [-0.2, -0.15) is 0 Å². The Morgan fingerprint density at radius 1 is 1.26 bits per heavy atom. The van der Waals surface area contributed by atoms with E-state index in [2.05, 4.69) is 34.4 Å². The Bertz CT molecular complexity index is 598. The van der Waals surface area contributed by atoms with Crippen LogP contribution in [0.5, 0.6) is 11.5 Å². The van der Waals surface area contributed by atoms with Gasteiger partial charge in [-0.3, -0.25) is 4.99 Å². The molecule has 6 nitrogen and oxygen atoms in total. The van der Waals surface area contributed by atoms with E-state index < -0.39 is 0 Å². The summed E-state index contributed by atoms with van der Waals surface area (Å²) in [5, 5.41) is 6.92. The van der Waals surface area contributed by atoms with Crippen LogP contribution in [0, 0.1) is 5.92 Å². The van der Waals surface area contributed by atoms with Gasteiger partial charge in [-0.05, 0) is 69.9 Å². The van der Waals surface area contributed by atoms with Gasteiger partial charge in [0, 0.05) is 19.2 Å². The lowest BCUT2D eigenvalue weighted by molar-refractivity contribution is 0.187. The fourth-order valence-corrected chi connectivity index (χ4v) is 3.64. The minimum atomic E-state index is 0.0500. The number of guanidine groups is 1. The van der Waals surface area contributed by atoms with Crippen LogP contribution in [-0.4, -0.2) is 58.3 Å². The number of ether oxygens (including phenoxy) is 2. The van der Waals surface area contributed by atoms with Crippen molar-refractivity contribution < 1.29 is 9.47 Å². The van der Waals surface area contributed by atoms with Crippen molar-refractivity contribution in [2.75, 3.05) is 47.4 Å². The average Bonchev–Trinajstić information content (AvgIpc) is 2.72. The first kappa shape index (κ1) is 21.4. The largest absolute Gasteiger partial charge is 0.497 e. The average molecular weight is 377 g/mol. The highest BCUT2D eigenvalue weighted by molar-refractivity contribution is 5.80. The predicted octanol–water partition coefficient (Wildman–Crippen LogP) is 3.05. The highest BCUT2D eigenvalue weighted by Gasteiger charge is 2.18. The van der Waals surface area contributed by atoms with Gasteiger partial charge in [0.25, 0.3) is 0 Å². The van der Waals surface area contributed by atoms with Crippen LogP contribution in [0.2, 0.25) is 0 Å². The Labute approximate surface area is 164 Å². The van der Waals surface area contributed by atoms with Crippen molar-refractivity contribution >= 4 is 5.96 Å². The van der Waals surface area contributed by atoms with Gasteiger partial charge < -0.3 is 25.0 Å². The molecule has 0 aromatic heterocycles. The molecule has 0 saturated carbocycles. The second-order valence-electron chi connectivity index (χ2n) is 7.14. The third kappa shape index (κ3) is 6.31. The van der Waals surface area contributed by atoms with Gasteiger partial charge in [0.2, 0.25) is 0 Å². The summed E-state index contributed by atoms with van der Waals surface area (Å²) in [4.78, 5) is 6.91. The minimum Gasteiger partial charge on any atom is -0.497 e. The summed E-state index contributed by atoms with van der Waals surface area (Å²) in [7, 11) is 5.18. The van der Waals surface area contributed by atoms with E-state index in [1.165, 1.54) is 38.9 Å². The summed E-state index contributed by atoms with van der Waals surface area (Å²) in [5.74, 6) is 3.29. The molecule has 27 heavy (non-hydrogen) atoms. The van der Waals surface area contributed by atoms with Gasteiger partial charge in [-0.25, -0.2) is 0 Å². The van der Waals surface area contributed by atoms with Gasteiger partial charge >= 0.3 is 0 Å². The molecule has 1 aromatic rings. The van der Waals surface area contributed by atoms with E-state index in [-0.39, 0.29) is 6.04 Å². The van der Waals surface area contributed by atoms with Crippen molar-refractivity contribution in [3.05, 3.63) is 23.8 Å². The van der Waals surface area contributed by atoms with Crippen LogP contribution < -0.4 is 20.1 Å². The molecule has 1 unspecified atom stereocenters. The number of likely N-dealkylation sites (tertiary alicyclic amines) is 1. The molecule has 0 amide bonds. The van der Waals surface area contributed by atoms with Crippen molar-refractivity contribution in [2.45, 2.75) is 39.2 Å². The summed E-state index contributed by atoms with van der Waals surface area (Å²) in [6.07, 6.45) is 3.80. The number of piperidine rings is 1. The van der Waals surface area contributed by atoms with E-state index in [4.69, 9.17) is 9.47 Å². The molecule has 2 N–H and O–H groups in total. The minimum absolute atomic E-state index is 0.0500. The number of nitrogens with zero attached hydrogens (tertiary/aromatic N) is 2. The van der Waals surface area contributed by atoms with Crippen LogP contribution in [0.4, 0.5) is 0 Å². The molecule has 2 rings (SSSR count). The van der Waals surface area contributed by atoms with Crippen molar-refractivity contribution in [1.29, 1.82) is 0 Å². The van der Waals surface area contributed by atoms with E-state index in [1.807, 2.05) is 25.2 Å². The highest BCUT2D eigenvalue weighted by Crippen LogP contribution is 2.29. The lowest BCUT2D eigenvalue weighted by Crippen LogP contribution is -2.40. The highest BCUT2D eigenvalue weighted by atomic mass is 16.5. The molecular formula is C21H36N4O2. The number of methoxy groups -OCH3 is 2. The van der Waals surface area contributed by atoms with Crippen LogP contribution in [0.25, 0.3) is 0 Å². The Morgan fingerprint density at radius 3 is 2.59 bits per heavy atom. The number of aliphatic imine (C=N–C) groups is 1. The summed E-state index contributed by atoms with van der Waals surface area (Å²) in [6.45, 7) is 8.94. The lowest BCUT2D eigenvalue weighted by atomic mass is 9.93. The van der Waals surface area contributed by atoms with Crippen molar-refractivity contribution in [1.82, 2.24) is 15.5 Å². The number of hydrogen-bond donors (Lipinski definition) is 2. The Morgan fingerprint density at radius 2 is 2.00 bits per heavy atom. The summed E-state index contributed by atoms with van der Waals surface area (Å²) in [6, 6.07) is 5.90. The smallest absolute Gasteiger partial charge is 0.191 e. The van der Waals surface area contributed by atoms with Crippen molar-refractivity contribution in [3.8, 4) is 11.5 Å². The van der Waals surface area contributed by atoms with Gasteiger partial charge in [-0.1, -0.05) is 6.92 Å². The maximum absolute atomic E-state index is 5.50. The molecule has 0 bridgehead atoms. The zero-order chi connectivity index (χ0) is 19.6. The maximum atomic E-state index is 5.50. The van der Waals surface area contributed by atoms with Crippen LogP contribution in [-0.2, 0) is 0 Å². The molecule has 152 valence electrons. The zero-order valence-electron chi connectivity index (χ0n) is 17.5. The third-order valence-electron chi connectivity index (χ3n) is 5.48. The predicted molar refractivity (Wildman–Crippen MR) is 112 cm³/mol. The molecule has 1 aromatic carbocycles. The molecule has 1 heterocycles.